The largest absolute Gasteiger partial charge is 0.494 e. The lowest BCUT2D eigenvalue weighted by Crippen LogP contribution is -1.98. The molecule has 0 saturated heterocycles. The first kappa shape index (κ1) is 13.9. The fourth-order valence-electron chi connectivity index (χ4n) is 1.92. The highest BCUT2D eigenvalue weighted by Gasteiger charge is 1.96. The molecule has 0 atom stereocenters. The van der Waals surface area contributed by atoms with Crippen molar-refractivity contribution in [2.75, 3.05) is 6.61 Å². The van der Waals surface area contributed by atoms with Crippen molar-refractivity contribution in [2.24, 2.45) is 0 Å². The number of unbranched alkanes of at least 4 members (excludes halogenated alkanes) is 3. The van der Waals surface area contributed by atoms with Gasteiger partial charge in [0.2, 0.25) is 0 Å². The summed E-state index contributed by atoms with van der Waals surface area (Å²) in [5.41, 5.74) is 0. The number of imidazole rings is 1. The molecule has 2 aromatic rings. The number of aromatic nitrogens is 2. The summed E-state index contributed by atoms with van der Waals surface area (Å²) in [5, 5.41) is 0.720. The quantitative estimate of drug-likeness (QED) is 0.678. The second-order valence-electron chi connectivity index (χ2n) is 4.52. The van der Waals surface area contributed by atoms with Gasteiger partial charge in [-0.3, -0.25) is 0 Å². The van der Waals surface area contributed by atoms with E-state index in [0.29, 0.717) is 0 Å². The molecular formula is C15H19ClN2O. The summed E-state index contributed by atoms with van der Waals surface area (Å²) in [6.07, 6.45) is 10.4. The maximum absolute atomic E-state index is 5.89. The van der Waals surface area contributed by atoms with Crippen LogP contribution < -0.4 is 4.74 Å². The molecule has 0 radical (unpaired) electrons. The third kappa shape index (κ3) is 5.35. The van der Waals surface area contributed by atoms with Gasteiger partial charge in [-0.15, -0.1) is 0 Å². The van der Waals surface area contributed by atoms with Crippen LogP contribution in [-0.2, 0) is 6.54 Å². The summed E-state index contributed by atoms with van der Waals surface area (Å²) in [6, 6.07) is 7.54. The standard InChI is InChI=1S/C15H19ClN2O/c16-14-6-5-7-15(12-14)19-11-4-2-1-3-9-18-10-8-17-13-18/h5-8,10,12-13H,1-4,9,11H2. The Morgan fingerprint density at radius 3 is 2.84 bits per heavy atom. The minimum atomic E-state index is 0.720. The Labute approximate surface area is 119 Å². The normalized spacial score (nSPS) is 10.6. The number of rotatable bonds is 8. The highest BCUT2D eigenvalue weighted by atomic mass is 35.5. The Bertz CT molecular complexity index is 471. The van der Waals surface area contributed by atoms with E-state index in [4.69, 9.17) is 16.3 Å². The van der Waals surface area contributed by atoms with Crippen molar-refractivity contribution >= 4 is 11.6 Å². The third-order valence-electron chi connectivity index (χ3n) is 2.93. The zero-order chi connectivity index (χ0) is 13.3. The van der Waals surface area contributed by atoms with Crippen LogP contribution in [-0.4, -0.2) is 16.2 Å². The van der Waals surface area contributed by atoms with E-state index < -0.39 is 0 Å². The van der Waals surface area contributed by atoms with Crippen molar-refractivity contribution in [3.63, 3.8) is 0 Å². The number of ether oxygens (including phenoxy) is 1. The van der Waals surface area contributed by atoms with Gasteiger partial charge in [0.05, 0.1) is 12.9 Å². The van der Waals surface area contributed by atoms with Crippen LogP contribution in [0, 0.1) is 0 Å². The molecule has 1 heterocycles. The Balaban J connectivity index is 1.50. The van der Waals surface area contributed by atoms with Gasteiger partial charge in [0.1, 0.15) is 5.75 Å². The van der Waals surface area contributed by atoms with Crippen LogP contribution in [0.15, 0.2) is 43.0 Å². The van der Waals surface area contributed by atoms with E-state index in [-0.39, 0.29) is 0 Å². The van der Waals surface area contributed by atoms with Gasteiger partial charge in [-0.05, 0) is 31.0 Å². The van der Waals surface area contributed by atoms with Crippen LogP contribution >= 0.6 is 11.6 Å². The topological polar surface area (TPSA) is 27.1 Å². The lowest BCUT2D eigenvalue weighted by atomic mass is 10.2. The molecule has 0 saturated carbocycles. The Kier molecular flexibility index (Phi) is 5.76. The number of halogens is 1. The van der Waals surface area contributed by atoms with Crippen LogP contribution in [0.2, 0.25) is 5.02 Å². The molecular weight excluding hydrogens is 260 g/mol. The maximum atomic E-state index is 5.89. The molecule has 19 heavy (non-hydrogen) atoms. The minimum absolute atomic E-state index is 0.720. The van der Waals surface area contributed by atoms with Crippen molar-refractivity contribution in [1.29, 1.82) is 0 Å². The van der Waals surface area contributed by atoms with Gasteiger partial charge >= 0.3 is 0 Å². The fraction of sp³-hybridized carbons (Fsp3) is 0.400. The smallest absolute Gasteiger partial charge is 0.120 e. The van der Waals surface area contributed by atoms with Crippen LogP contribution in [0.4, 0.5) is 0 Å². The van der Waals surface area contributed by atoms with Crippen molar-refractivity contribution in [1.82, 2.24) is 9.55 Å². The molecule has 0 aliphatic rings. The zero-order valence-corrected chi connectivity index (χ0v) is 11.7. The van der Waals surface area contributed by atoms with E-state index in [2.05, 4.69) is 9.55 Å². The molecule has 0 amide bonds. The molecule has 0 aliphatic heterocycles. The lowest BCUT2D eigenvalue weighted by molar-refractivity contribution is 0.304. The van der Waals surface area contributed by atoms with Crippen LogP contribution in [0.5, 0.6) is 5.75 Å². The van der Waals surface area contributed by atoms with E-state index in [9.17, 15) is 0 Å². The van der Waals surface area contributed by atoms with Crippen LogP contribution in [0.3, 0.4) is 0 Å². The van der Waals surface area contributed by atoms with E-state index in [1.807, 2.05) is 43.0 Å². The first-order chi connectivity index (χ1) is 9.34. The highest BCUT2D eigenvalue weighted by Crippen LogP contribution is 2.17. The van der Waals surface area contributed by atoms with Gasteiger partial charge in [0.25, 0.3) is 0 Å². The minimum Gasteiger partial charge on any atom is -0.494 e. The fourth-order valence-corrected chi connectivity index (χ4v) is 2.10. The number of aryl methyl sites for hydroxylation is 1. The molecule has 0 unspecified atom stereocenters. The maximum Gasteiger partial charge on any atom is 0.120 e. The van der Waals surface area contributed by atoms with E-state index in [1.54, 1.807) is 0 Å². The first-order valence-electron chi connectivity index (χ1n) is 6.69. The van der Waals surface area contributed by atoms with E-state index in [1.165, 1.54) is 19.3 Å². The SMILES string of the molecule is Clc1cccc(OCCCCCCn2ccnc2)c1. The Morgan fingerprint density at radius 1 is 1.16 bits per heavy atom. The van der Waals surface area contributed by atoms with E-state index in [0.717, 1.165) is 30.3 Å². The lowest BCUT2D eigenvalue weighted by Gasteiger charge is -2.06. The van der Waals surface area contributed by atoms with Crippen molar-refractivity contribution < 1.29 is 4.74 Å². The monoisotopic (exact) mass is 278 g/mol. The summed E-state index contributed by atoms with van der Waals surface area (Å²) < 4.78 is 7.75. The Morgan fingerprint density at radius 2 is 2.05 bits per heavy atom. The molecule has 3 nitrogen and oxygen atoms in total. The van der Waals surface area contributed by atoms with Gasteiger partial charge in [-0.25, -0.2) is 4.98 Å². The van der Waals surface area contributed by atoms with Gasteiger partial charge in [-0.2, -0.15) is 0 Å². The summed E-state index contributed by atoms with van der Waals surface area (Å²) in [4.78, 5) is 4.02. The first-order valence-corrected chi connectivity index (χ1v) is 7.06. The molecule has 1 aromatic heterocycles. The second kappa shape index (κ2) is 7.85. The molecule has 4 heteroatoms. The number of nitrogens with zero attached hydrogens (tertiary/aromatic N) is 2. The molecule has 2 rings (SSSR count). The molecule has 0 bridgehead atoms. The molecule has 0 fully saturated rings. The van der Waals surface area contributed by atoms with E-state index >= 15 is 0 Å². The molecule has 102 valence electrons. The second-order valence-corrected chi connectivity index (χ2v) is 4.96. The van der Waals surface area contributed by atoms with Gasteiger partial charge in [0.15, 0.2) is 0 Å². The third-order valence-corrected chi connectivity index (χ3v) is 3.17. The number of hydrogen-bond acceptors (Lipinski definition) is 2. The molecule has 0 spiro atoms. The van der Waals surface area contributed by atoms with Gasteiger partial charge in [-0.1, -0.05) is 30.5 Å². The Hall–Kier alpha value is -1.48. The molecule has 1 aromatic carbocycles. The summed E-state index contributed by atoms with van der Waals surface area (Å²) in [7, 11) is 0. The predicted molar refractivity (Wildman–Crippen MR) is 77.6 cm³/mol. The molecule has 0 aliphatic carbocycles. The van der Waals surface area contributed by atoms with Gasteiger partial charge < -0.3 is 9.30 Å². The number of benzene rings is 1. The number of hydrogen-bond donors (Lipinski definition) is 0. The van der Waals surface area contributed by atoms with Crippen LogP contribution in [0.25, 0.3) is 0 Å². The van der Waals surface area contributed by atoms with Gasteiger partial charge in [0, 0.05) is 24.0 Å². The van der Waals surface area contributed by atoms with Crippen molar-refractivity contribution in [3.8, 4) is 5.75 Å². The van der Waals surface area contributed by atoms with Crippen molar-refractivity contribution in [2.45, 2.75) is 32.2 Å². The van der Waals surface area contributed by atoms with Crippen molar-refractivity contribution in [3.05, 3.63) is 48.0 Å². The average Bonchev–Trinajstić information content (AvgIpc) is 2.91. The summed E-state index contributed by atoms with van der Waals surface area (Å²) in [6.45, 7) is 1.81. The summed E-state index contributed by atoms with van der Waals surface area (Å²) in [5.74, 6) is 0.853. The molecule has 0 N–H and O–H groups in total. The summed E-state index contributed by atoms with van der Waals surface area (Å²) >= 11 is 5.89. The van der Waals surface area contributed by atoms with Crippen LogP contribution in [0.1, 0.15) is 25.7 Å². The average molecular weight is 279 g/mol. The zero-order valence-electron chi connectivity index (χ0n) is 11.0. The predicted octanol–water partition coefficient (Wildman–Crippen LogP) is 4.18. The highest BCUT2D eigenvalue weighted by molar-refractivity contribution is 6.30.